The van der Waals surface area contributed by atoms with Gasteiger partial charge in [0.25, 0.3) is 0 Å². The maximum atomic E-state index is 11.4. The first-order chi connectivity index (χ1) is 8.13. The van der Waals surface area contributed by atoms with Crippen molar-refractivity contribution < 1.29 is 14.7 Å². The molecule has 7 heteroatoms. The lowest BCUT2D eigenvalue weighted by molar-refractivity contribution is -0.141. The van der Waals surface area contributed by atoms with Gasteiger partial charge in [-0.15, -0.1) is 0 Å². The predicted octanol–water partition coefficient (Wildman–Crippen LogP) is -0.105. The van der Waals surface area contributed by atoms with Crippen LogP contribution in [-0.4, -0.2) is 38.3 Å². The van der Waals surface area contributed by atoms with E-state index in [1.165, 1.54) is 12.7 Å². The number of rotatable bonds is 7. The molecule has 1 atom stereocenters. The number of carbonyl (C=O) groups excluding carboxylic acids is 1. The molecule has 0 saturated carbocycles. The van der Waals surface area contributed by atoms with Crippen LogP contribution in [0.1, 0.15) is 19.8 Å². The normalized spacial score (nSPS) is 12.1. The van der Waals surface area contributed by atoms with Crippen molar-refractivity contribution in [1.82, 2.24) is 20.1 Å². The van der Waals surface area contributed by atoms with E-state index in [0.29, 0.717) is 13.0 Å². The highest BCUT2D eigenvalue weighted by molar-refractivity contribution is 5.77. The van der Waals surface area contributed by atoms with Crippen molar-refractivity contribution in [3.8, 4) is 0 Å². The maximum Gasteiger partial charge on any atom is 0.308 e. The number of carboxylic acids is 1. The number of aryl methyl sites for hydroxylation is 1. The van der Waals surface area contributed by atoms with E-state index >= 15 is 0 Å². The van der Waals surface area contributed by atoms with Crippen molar-refractivity contribution in [1.29, 1.82) is 0 Å². The van der Waals surface area contributed by atoms with Crippen LogP contribution in [-0.2, 0) is 16.1 Å². The average molecular weight is 240 g/mol. The summed E-state index contributed by atoms with van der Waals surface area (Å²) >= 11 is 0. The van der Waals surface area contributed by atoms with Crippen molar-refractivity contribution >= 4 is 11.9 Å². The Hall–Kier alpha value is -1.92. The number of nitrogens with one attached hydrogen (secondary N) is 1. The molecule has 1 aromatic rings. The van der Waals surface area contributed by atoms with E-state index < -0.39 is 11.9 Å². The van der Waals surface area contributed by atoms with Gasteiger partial charge in [0.15, 0.2) is 0 Å². The number of aliphatic carboxylic acids is 1. The number of carbonyl (C=O) groups is 2. The molecule has 1 unspecified atom stereocenters. The van der Waals surface area contributed by atoms with Gasteiger partial charge >= 0.3 is 5.97 Å². The molecular formula is C10H16N4O3. The van der Waals surface area contributed by atoms with E-state index in [2.05, 4.69) is 15.4 Å². The van der Waals surface area contributed by atoms with Gasteiger partial charge in [-0.05, 0) is 6.42 Å². The number of carboxylic acid groups (broad SMARTS) is 1. The Labute approximate surface area is 98.8 Å². The van der Waals surface area contributed by atoms with Crippen LogP contribution in [0.3, 0.4) is 0 Å². The Morgan fingerprint density at radius 2 is 2.29 bits per heavy atom. The zero-order valence-electron chi connectivity index (χ0n) is 9.67. The molecule has 0 aliphatic heterocycles. The minimum atomic E-state index is -0.885. The van der Waals surface area contributed by atoms with Crippen LogP contribution >= 0.6 is 0 Å². The number of nitrogens with zero attached hydrogens (tertiary/aromatic N) is 3. The number of hydrogen-bond acceptors (Lipinski definition) is 4. The molecule has 2 N–H and O–H groups in total. The van der Waals surface area contributed by atoms with Crippen molar-refractivity contribution in [3.05, 3.63) is 12.7 Å². The predicted molar refractivity (Wildman–Crippen MR) is 59.1 cm³/mol. The molecule has 0 bridgehead atoms. The van der Waals surface area contributed by atoms with E-state index in [0.717, 1.165) is 0 Å². The quantitative estimate of drug-likeness (QED) is 0.693. The van der Waals surface area contributed by atoms with E-state index in [1.807, 2.05) is 0 Å². The first kappa shape index (κ1) is 13.1. The molecule has 0 spiro atoms. The lowest BCUT2D eigenvalue weighted by Crippen LogP contribution is -2.33. The highest BCUT2D eigenvalue weighted by Gasteiger charge is 2.15. The Kier molecular flexibility index (Phi) is 5.12. The Bertz CT molecular complexity index is 364. The third kappa shape index (κ3) is 4.62. The molecule has 0 aliphatic rings. The van der Waals surface area contributed by atoms with Gasteiger partial charge in [0.05, 0.1) is 12.5 Å². The monoisotopic (exact) mass is 240 g/mol. The zero-order valence-corrected chi connectivity index (χ0v) is 9.67. The van der Waals surface area contributed by atoms with Gasteiger partial charge in [0.2, 0.25) is 5.91 Å². The summed E-state index contributed by atoms with van der Waals surface area (Å²) in [6.45, 7) is 2.39. The number of amides is 1. The highest BCUT2D eigenvalue weighted by Crippen LogP contribution is 2.00. The third-order valence-electron chi connectivity index (χ3n) is 2.42. The smallest absolute Gasteiger partial charge is 0.308 e. The molecule has 7 nitrogen and oxygen atoms in total. The van der Waals surface area contributed by atoms with Crippen molar-refractivity contribution in [2.45, 2.75) is 26.3 Å². The summed E-state index contributed by atoms with van der Waals surface area (Å²) in [5.74, 6) is -1.59. The maximum absolute atomic E-state index is 11.4. The van der Waals surface area contributed by atoms with Crippen LogP contribution in [0.25, 0.3) is 0 Å². The van der Waals surface area contributed by atoms with Gasteiger partial charge in [-0.3, -0.25) is 14.3 Å². The van der Waals surface area contributed by atoms with Crippen LogP contribution in [0.2, 0.25) is 0 Å². The van der Waals surface area contributed by atoms with E-state index in [9.17, 15) is 9.59 Å². The summed E-state index contributed by atoms with van der Waals surface area (Å²) in [6.07, 6.45) is 3.69. The lowest BCUT2D eigenvalue weighted by Gasteiger charge is -2.10. The average Bonchev–Trinajstić information content (AvgIpc) is 2.79. The number of aromatic nitrogens is 3. The Balaban J connectivity index is 2.23. The first-order valence-corrected chi connectivity index (χ1v) is 5.45. The standard InChI is InChI=1S/C10H16N4O3/c1-2-8(10(16)17)5-12-9(15)3-4-14-7-11-6-13-14/h6-8H,2-5H2,1H3,(H,12,15)(H,16,17). The number of hydrogen-bond donors (Lipinski definition) is 2. The van der Waals surface area contributed by atoms with Gasteiger partial charge in [0.1, 0.15) is 12.7 Å². The highest BCUT2D eigenvalue weighted by atomic mass is 16.4. The topological polar surface area (TPSA) is 97.1 Å². The van der Waals surface area contributed by atoms with Crippen LogP contribution in [0.15, 0.2) is 12.7 Å². The molecule has 1 aromatic heterocycles. The fourth-order valence-electron chi connectivity index (χ4n) is 1.30. The van der Waals surface area contributed by atoms with E-state index in [-0.39, 0.29) is 18.9 Å². The Morgan fingerprint density at radius 3 is 2.82 bits per heavy atom. The Morgan fingerprint density at radius 1 is 1.53 bits per heavy atom. The second-order valence-electron chi connectivity index (χ2n) is 3.66. The van der Waals surface area contributed by atoms with Gasteiger partial charge in [-0.2, -0.15) is 5.10 Å². The largest absolute Gasteiger partial charge is 0.481 e. The minimum Gasteiger partial charge on any atom is -0.481 e. The molecule has 1 amide bonds. The summed E-state index contributed by atoms with van der Waals surface area (Å²) in [6, 6.07) is 0. The molecule has 0 saturated heterocycles. The fraction of sp³-hybridized carbons (Fsp3) is 0.600. The molecule has 17 heavy (non-hydrogen) atoms. The first-order valence-electron chi connectivity index (χ1n) is 5.45. The summed E-state index contributed by atoms with van der Waals surface area (Å²) in [5, 5.41) is 15.2. The van der Waals surface area contributed by atoms with Crippen LogP contribution in [0, 0.1) is 5.92 Å². The van der Waals surface area contributed by atoms with Crippen molar-refractivity contribution in [3.63, 3.8) is 0 Å². The molecule has 1 heterocycles. The summed E-state index contributed by atoms with van der Waals surface area (Å²) in [5.41, 5.74) is 0. The molecule has 1 rings (SSSR count). The summed E-state index contributed by atoms with van der Waals surface area (Å²) in [7, 11) is 0. The molecule has 0 radical (unpaired) electrons. The second-order valence-corrected chi connectivity index (χ2v) is 3.66. The third-order valence-corrected chi connectivity index (χ3v) is 2.42. The molecule has 0 fully saturated rings. The van der Waals surface area contributed by atoms with Crippen LogP contribution in [0.5, 0.6) is 0 Å². The van der Waals surface area contributed by atoms with Crippen molar-refractivity contribution in [2.75, 3.05) is 6.54 Å². The zero-order chi connectivity index (χ0) is 12.7. The van der Waals surface area contributed by atoms with Gasteiger partial charge in [0, 0.05) is 13.0 Å². The van der Waals surface area contributed by atoms with Crippen LogP contribution < -0.4 is 5.32 Å². The van der Waals surface area contributed by atoms with Gasteiger partial charge in [-0.25, -0.2) is 4.98 Å². The second kappa shape index (κ2) is 6.62. The molecule has 0 aliphatic carbocycles. The summed E-state index contributed by atoms with van der Waals surface area (Å²) in [4.78, 5) is 25.9. The fourth-order valence-corrected chi connectivity index (χ4v) is 1.30. The van der Waals surface area contributed by atoms with Gasteiger partial charge in [-0.1, -0.05) is 6.92 Å². The minimum absolute atomic E-state index is 0.169. The van der Waals surface area contributed by atoms with Crippen molar-refractivity contribution in [2.24, 2.45) is 5.92 Å². The van der Waals surface area contributed by atoms with E-state index in [4.69, 9.17) is 5.11 Å². The molecule has 94 valence electrons. The SMILES string of the molecule is CCC(CNC(=O)CCn1cncn1)C(=O)O. The van der Waals surface area contributed by atoms with E-state index in [1.54, 1.807) is 11.6 Å². The van der Waals surface area contributed by atoms with Crippen LogP contribution in [0.4, 0.5) is 0 Å². The molecule has 0 aromatic carbocycles. The summed E-state index contributed by atoms with van der Waals surface area (Å²) < 4.78 is 1.55. The lowest BCUT2D eigenvalue weighted by atomic mass is 10.1. The molecular weight excluding hydrogens is 224 g/mol. The van der Waals surface area contributed by atoms with Gasteiger partial charge < -0.3 is 10.4 Å².